The molecule has 0 rings (SSSR count). The van der Waals surface area contributed by atoms with Gasteiger partial charge in [0.15, 0.2) is 0 Å². The molecule has 0 aliphatic rings. The zero-order chi connectivity index (χ0) is 11.1. The van der Waals surface area contributed by atoms with Crippen LogP contribution < -0.4 is 0 Å². The fourth-order valence-corrected chi connectivity index (χ4v) is 1.34. The Bertz CT molecular complexity index is 164. The van der Waals surface area contributed by atoms with Crippen LogP contribution in [0, 0.1) is 5.92 Å². The molecular formula is C11H22O3. The summed E-state index contributed by atoms with van der Waals surface area (Å²) in [6, 6.07) is 0. The third kappa shape index (κ3) is 5.97. The minimum atomic E-state index is -1.01. The molecule has 0 spiro atoms. The number of carbonyl (C=O) groups excluding carboxylic acids is 1. The molecule has 14 heavy (non-hydrogen) atoms. The average Bonchev–Trinajstić information content (AvgIpc) is 2.02. The zero-order valence-electron chi connectivity index (χ0n) is 9.62. The Kier molecular flexibility index (Phi) is 6.54. The first-order valence-corrected chi connectivity index (χ1v) is 5.35. The minimum Gasteiger partial charge on any atom is -0.460 e. The molecule has 0 amide bonds. The number of hydrogen-bond donors (Lipinski definition) is 1. The van der Waals surface area contributed by atoms with Crippen molar-refractivity contribution >= 4 is 5.97 Å². The SMILES string of the molecule is CCCC(CC(C)C)OC(=O)C(C)O. The van der Waals surface area contributed by atoms with Crippen LogP contribution in [0.3, 0.4) is 0 Å². The highest BCUT2D eigenvalue weighted by Crippen LogP contribution is 2.14. The second kappa shape index (κ2) is 6.82. The molecule has 0 aliphatic carbocycles. The van der Waals surface area contributed by atoms with Crippen molar-refractivity contribution < 1.29 is 14.6 Å². The van der Waals surface area contributed by atoms with E-state index in [9.17, 15) is 4.79 Å². The fourth-order valence-electron chi connectivity index (χ4n) is 1.34. The Labute approximate surface area is 86.5 Å². The monoisotopic (exact) mass is 202 g/mol. The molecule has 84 valence electrons. The van der Waals surface area contributed by atoms with Crippen LogP contribution in [-0.2, 0) is 9.53 Å². The first-order chi connectivity index (χ1) is 6.47. The number of aliphatic hydroxyl groups is 1. The minimum absolute atomic E-state index is 0.0397. The van der Waals surface area contributed by atoms with E-state index in [4.69, 9.17) is 9.84 Å². The third-order valence-electron chi connectivity index (χ3n) is 1.97. The molecule has 3 nitrogen and oxygen atoms in total. The van der Waals surface area contributed by atoms with Gasteiger partial charge in [-0.05, 0) is 25.7 Å². The van der Waals surface area contributed by atoms with E-state index in [1.54, 1.807) is 0 Å². The van der Waals surface area contributed by atoms with E-state index < -0.39 is 12.1 Å². The van der Waals surface area contributed by atoms with Gasteiger partial charge in [0.1, 0.15) is 12.2 Å². The topological polar surface area (TPSA) is 46.5 Å². The van der Waals surface area contributed by atoms with Crippen molar-refractivity contribution in [1.29, 1.82) is 0 Å². The Balaban J connectivity index is 4.01. The molecule has 0 bridgehead atoms. The largest absolute Gasteiger partial charge is 0.460 e. The third-order valence-corrected chi connectivity index (χ3v) is 1.97. The van der Waals surface area contributed by atoms with Crippen molar-refractivity contribution in [3.63, 3.8) is 0 Å². The van der Waals surface area contributed by atoms with Gasteiger partial charge < -0.3 is 9.84 Å². The van der Waals surface area contributed by atoms with E-state index in [2.05, 4.69) is 20.8 Å². The number of carbonyl (C=O) groups is 1. The number of esters is 1. The molecule has 2 unspecified atom stereocenters. The van der Waals surface area contributed by atoms with Gasteiger partial charge in [-0.1, -0.05) is 27.2 Å². The molecule has 1 N–H and O–H groups in total. The number of ether oxygens (including phenoxy) is 1. The number of aliphatic hydroxyl groups excluding tert-OH is 1. The summed E-state index contributed by atoms with van der Waals surface area (Å²) >= 11 is 0. The van der Waals surface area contributed by atoms with Crippen molar-refractivity contribution in [3.05, 3.63) is 0 Å². The summed E-state index contributed by atoms with van der Waals surface area (Å²) in [7, 11) is 0. The standard InChI is InChI=1S/C11H22O3/c1-5-6-10(7-8(2)3)14-11(13)9(4)12/h8-10,12H,5-7H2,1-4H3. The van der Waals surface area contributed by atoms with Gasteiger partial charge in [0.2, 0.25) is 0 Å². The molecule has 0 heterocycles. The highest BCUT2D eigenvalue weighted by molar-refractivity contribution is 5.73. The lowest BCUT2D eigenvalue weighted by atomic mass is 10.0. The van der Waals surface area contributed by atoms with Crippen LogP contribution in [0.5, 0.6) is 0 Å². The van der Waals surface area contributed by atoms with Gasteiger partial charge in [-0.15, -0.1) is 0 Å². The number of rotatable bonds is 6. The van der Waals surface area contributed by atoms with Gasteiger partial charge in [-0.25, -0.2) is 4.79 Å². The molecule has 2 atom stereocenters. The van der Waals surface area contributed by atoms with Crippen molar-refractivity contribution in [1.82, 2.24) is 0 Å². The van der Waals surface area contributed by atoms with Crippen LogP contribution in [0.4, 0.5) is 0 Å². The van der Waals surface area contributed by atoms with Crippen LogP contribution in [0.2, 0.25) is 0 Å². The Morgan fingerprint density at radius 3 is 2.29 bits per heavy atom. The summed E-state index contributed by atoms with van der Waals surface area (Å²) in [5.74, 6) is -0.00236. The van der Waals surface area contributed by atoms with Gasteiger partial charge in [0.05, 0.1) is 0 Å². The smallest absolute Gasteiger partial charge is 0.334 e. The van der Waals surface area contributed by atoms with Crippen LogP contribution >= 0.6 is 0 Å². The van der Waals surface area contributed by atoms with Crippen LogP contribution in [0.15, 0.2) is 0 Å². The Hall–Kier alpha value is -0.570. The van der Waals surface area contributed by atoms with E-state index in [0.717, 1.165) is 19.3 Å². The molecule has 0 saturated heterocycles. The predicted octanol–water partition coefficient (Wildman–Crippen LogP) is 2.13. The van der Waals surface area contributed by atoms with Gasteiger partial charge in [0.25, 0.3) is 0 Å². The zero-order valence-corrected chi connectivity index (χ0v) is 9.62. The molecule has 0 aromatic rings. The highest BCUT2D eigenvalue weighted by atomic mass is 16.6. The quantitative estimate of drug-likeness (QED) is 0.671. The maximum atomic E-state index is 11.1. The molecule has 0 aromatic heterocycles. The number of hydrogen-bond acceptors (Lipinski definition) is 3. The first-order valence-electron chi connectivity index (χ1n) is 5.35. The first kappa shape index (κ1) is 13.4. The normalized spacial score (nSPS) is 15.3. The average molecular weight is 202 g/mol. The van der Waals surface area contributed by atoms with Crippen LogP contribution in [0.1, 0.15) is 47.0 Å². The van der Waals surface area contributed by atoms with Gasteiger partial charge >= 0.3 is 5.97 Å². The molecule has 0 aromatic carbocycles. The molecule has 0 fully saturated rings. The van der Waals surface area contributed by atoms with Crippen molar-refractivity contribution in [3.8, 4) is 0 Å². The molecule has 0 aliphatic heterocycles. The Morgan fingerprint density at radius 2 is 1.93 bits per heavy atom. The lowest BCUT2D eigenvalue weighted by Gasteiger charge is -2.19. The van der Waals surface area contributed by atoms with E-state index >= 15 is 0 Å². The maximum absolute atomic E-state index is 11.1. The van der Waals surface area contributed by atoms with Gasteiger partial charge in [-0.3, -0.25) is 0 Å². The van der Waals surface area contributed by atoms with E-state index in [-0.39, 0.29) is 6.10 Å². The summed E-state index contributed by atoms with van der Waals surface area (Å²) < 4.78 is 5.17. The second-order valence-corrected chi connectivity index (χ2v) is 4.15. The fraction of sp³-hybridized carbons (Fsp3) is 0.909. The molecule has 0 radical (unpaired) electrons. The molecule has 0 saturated carbocycles. The van der Waals surface area contributed by atoms with E-state index in [1.807, 2.05) is 0 Å². The van der Waals surface area contributed by atoms with E-state index in [0.29, 0.717) is 5.92 Å². The van der Waals surface area contributed by atoms with Gasteiger partial charge in [0, 0.05) is 0 Å². The maximum Gasteiger partial charge on any atom is 0.334 e. The second-order valence-electron chi connectivity index (χ2n) is 4.15. The van der Waals surface area contributed by atoms with Crippen molar-refractivity contribution in [2.75, 3.05) is 0 Å². The summed E-state index contributed by atoms with van der Waals surface area (Å²) in [6.07, 6.45) is 1.68. The lowest BCUT2D eigenvalue weighted by molar-refractivity contribution is -0.159. The summed E-state index contributed by atoms with van der Waals surface area (Å²) in [5.41, 5.74) is 0. The molecular weight excluding hydrogens is 180 g/mol. The van der Waals surface area contributed by atoms with Gasteiger partial charge in [-0.2, -0.15) is 0 Å². The van der Waals surface area contributed by atoms with Crippen LogP contribution in [-0.4, -0.2) is 23.3 Å². The summed E-state index contributed by atoms with van der Waals surface area (Å²) in [6.45, 7) is 7.68. The summed E-state index contributed by atoms with van der Waals surface area (Å²) in [5, 5.41) is 9.00. The Morgan fingerprint density at radius 1 is 1.36 bits per heavy atom. The molecule has 3 heteroatoms. The van der Waals surface area contributed by atoms with E-state index in [1.165, 1.54) is 6.92 Å². The van der Waals surface area contributed by atoms with Crippen molar-refractivity contribution in [2.24, 2.45) is 5.92 Å². The summed E-state index contributed by atoms with van der Waals surface area (Å²) in [4.78, 5) is 11.1. The lowest BCUT2D eigenvalue weighted by Crippen LogP contribution is -2.26. The predicted molar refractivity (Wildman–Crippen MR) is 55.9 cm³/mol. The van der Waals surface area contributed by atoms with Crippen molar-refractivity contribution in [2.45, 2.75) is 59.2 Å². The van der Waals surface area contributed by atoms with Crippen LogP contribution in [0.25, 0.3) is 0 Å². The highest BCUT2D eigenvalue weighted by Gasteiger charge is 2.18.